The molecule has 5 heteroatoms. The van der Waals surface area contributed by atoms with Gasteiger partial charge in [-0.1, -0.05) is 55.5 Å². The zero-order valence-electron chi connectivity index (χ0n) is 19.7. The zero-order valence-corrected chi connectivity index (χ0v) is 19.7. The fourth-order valence-corrected chi connectivity index (χ4v) is 6.22. The summed E-state index contributed by atoms with van der Waals surface area (Å²) in [5, 5.41) is 19.4. The lowest BCUT2D eigenvalue weighted by Gasteiger charge is -2.51. The van der Waals surface area contributed by atoms with E-state index in [0.717, 1.165) is 52.7 Å². The van der Waals surface area contributed by atoms with Crippen molar-refractivity contribution in [2.24, 2.45) is 11.8 Å². The molecule has 0 unspecified atom stereocenters. The second kappa shape index (κ2) is 8.80. The molecular formula is C29H30N2O3. The van der Waals surface area contributed by atoms with Crippen molar-refractivity contribution in [1.29, 1.82) is 0 Å². The highest BCUT2D eigenvalue weighted by atomic mass is 16.3. The van der Waals surface area contributed by atoms with Crippen LogP contribution in [-0.4, -0.2) is 32.6 Å². The molecule has 5 nitrogen and oxygen atoms in total. The van der Waals surface area contributed by atoms with Gasteiger partial charge in [-0.2, -0.15) is 0 Å². The maximum atomic E-state index is 13.1. The Morgan fingerprint density at radius 1 is 1.12 bits per heavy atom. The summed E-state index contributed by atoms with van der Waals surface area (Å²) in [5.41, 5.74) is 6.18. The zero-order chi connectivity index (χ0) is 23.9. The molecule has 3 atom stereocenters. The first-order valence-electron chi connectivity index (χ1n) is 12.0. The van der Waals surface area contributed by atoms with E-state index in [9.17, 15) is 15.0 Å². The minimum atomic E-state index is -0.512. The van der Waals surface area contributed by atoms with E-state index >= 15 is 0 Å². The second-order valence-electron chi connectivity index (χ2n) is 9.59. The number of aliphatic hydroxyl groups excluding tert-OH is 2. The SMILES string of the molecule is Cc1nc(-c2cccc(CCO)c2)c2c(n1)[C@@]1(c3ccccc3)CC(=CO)C(=O)[C@@H](C)[C@@H]1CC2. The van der Waals surface area contributed by atoms with E-state index in [4.69, 9.17) is 9.97 Å². The van der Waals surface area contributed by atoms with Crippen molar-refractivity contribution in [2.45, 2.75) is 44.9 Å². The molecule has 2 N–H and O–H groups in total. The van der Waals surface area contributed by atoms with Crippen LogP contribution in [0.3, 0.4) is 0 Å². The number of carbonyl (C=O) groups excluding carboxylic acids is 1. The number of benzene rings is 2. The Balaban J connectivity index is 1.79. The van der Waals surface area contributed by atoms with Gasteiger partial charge in [0.2, 0.25) is 0 Å². The molecular weight excluding hydrogens is 424 g/mol. The topological polar surface area (TPSA) is 83.3 Å². The van der Waals surface area contributed by atoms with Crippen LogP contribution in [0.5, 0.6) is 0 Å². The summed E-state index contributed by atoms with van der Waals surface area (Å²) in [6.45, 7) is 4.01. The fourth-order valence-electron chi connectivity index (χ4n) is 6.22. The third-order valence-electron chi connectivity index (χ3n) is 7.73. The molecule has 0 radical (unpaired) electrons. The van der Waals surface area contributed by atoms with E-state index in [1.807, 2.05) is 44.2 Å². The third-order valence-corrected chi connectivity index (χ3v) is 7.73. The van der Waals surface area contributed by atoms with Crippen molar-refractivity contribution < 1.29 is 15.0 Å². The number of hydrogen-bond donors (Lipinski definition) is 2. The van der Waals surface area contributed by atoms with Crippen LogP contribution >= 0.6 is 0 Å². The number of aryl methyl sites for hydroxylation is 1. The van der Waals surface area contributed by atoms with Crippen LogP contribution in [0.4, 0.5) is 0 Å². The number of allylic oxidation sites excluding steroid dienone is 1. The predicted molar refractivity (Wildman–Crippen MR) is 132 cm³/mol. The van der Waals surface area contributed by atoms with Crippen molar-refractivity contribution in [3.05, 3.63) is 94.6 Å². The Kier molecular flexibility index (Phi) is 5.82. The van der Waals surface area contributed by atoms with Gasteiger partial charge in [0.25, 0.3) is 0 Å². The molecule has 0 spiro atoms. The molecule has 0 saturated heterocycles. The number of rotatable bonds is 4. The van der Waals surface area contributed by atoms with Crippen molar-refractivity contribution in [2.75, 3.05) is 6.61 Å². The van der Waals surface area contributed by atoms with Crippen LogP contribution in [0.15, 0.2) is 66.4 Å². The molecule has 1 fully saturated rings. The van der Waals surface area contributed by atoms with E-state index in [1.165, 1.54) is 0 Å². The van der Waals surface area contributed by atoms with Crippen molar-refractivity contribution in [3.63, 3.8) is 0 Å². The molecule has 1 saturated carbocycles. The first-order chi connectivity index (χ1) is 16.5. The lowest BCUT2D eigenvalue weighted by molar-refractivity contribution is -0.123. The maximum Gasteiger partial charge on any atom is 0.165 e. The van der Waals surface area contributed by atoms with Gasteiger partial charge in [-0.05, 0) is 55.7 Å². The van der Waals surface area contributed by atoms with E-state index < -0.39 is 5.41 Å². The largest absolute Gasteiger partial charge is 0.515 e. The first-order valence-corrected chi connectivity index (χ1v) is 12.0. The Bertz CT molecular complexity index is 1270. The summed E-state index contributed by atoms with van der Waals surface area (Å²) >= 11 is 0. The van der Waals surface area contributed by atoms with Crippen molar-refractivity contribution in [1.82, 2.24) is 9.97 Å². The lowest BCUT2D eigenvalue weighted by Crippen LogP contribution is -2.51. The van der Waals surface area contributed by atoms with Gasteiger partial charge in [0.1, 0.15) is 5.82 Å². The van der Waals surface area contributed by atoms with Crippen LogP contribution in [-0.2, 0) is 23.1 Å². The molecule has 0 aliphatic heterocycles. The summed E-state index contributed by atoms with van der Waals surface area (Å²) in [6.07, 6.45) is 3.67. The maximum absolute atomic E-state index is 13.1. The molecule has 3 aromatic rings. The molecule has 0 bridgehead atoms. The Morgan fingerprint density at radius 3 is 2.65 bits per heavy atom. The number of fused-ring (bicyclic) bond motifs is 3. The quantitative estimate of drug-likeness (QED) is 0.433. The lowest BCUT2D eigenvalue weighted by atomic mass is 9.52. The molecule has 174 valence electrons. The number of Topliss-reactive ketones (excluding diaryl/α,β-unsaturated/α-hetero) is 1. The van der Waals surface area contributed by atoms with Gasteiger partial charge in [0.15, 0.2) is 5.78 Å². The average molecular weight is 455 g/mol. The molecule has 1 aromatic heterocycles. The van der Waals surface area contributed by atoms with E-state index in [2.05, 4.69) is 24.3 Å². The molecule has 34 heavy (non-hydrogen) atoms. The monoisotopic (exact) mass is 454 g/mol. The average Bonchev–Trinajstić information content (AvgIpc) is 2.86. The third kappa shape index (κ3) is 3.46. The number of nitrogens with zero attached hydrogens (tertiary/aromatic N) is 2. The van der Waals surface area contributed by atoms with E-state index in [0.29, 0.717) is 24.2 Å². The van der Waals surface area contributed by atoms with Crippen molar-refractivity contribution >= 4 is 5.78 Å². The van der Waals surface area contributed by atoms with Gasteiger partial charge >= 0.3 is 0 Å². The van der Waals surface area contributed by atoms with Crippen LogP contribution in [0.25, 0.3) is 11.3 Å². The fraction of sp³-hybridized carbons (Fsp3) is 0.345. The molecule has 2 aliphatic rings. The standard InChI is InChI=1S/C29H30N2O3/c1-18-25-12-11-24-26(21-8-6-7-20(15-21)13-14-32)30-19(2)31-28(24)29(25,16-22(17-33)27(18)34)23-9-4-3-5-10-23/h3-10,15,17-18,25,32-33H,11-14,16H2,1-2H3/t18-,25-,29+/m0/s1. The van der Waals surface area contributed by atoms with Gasteiger partial charge in [0.05, 0.1) is 17.6 Å². The van der Waals surface area contributed by atoms with Crippen LogP contribution < -0.4 is 0 Å². The summed E-state index contributed by atoms with van der Waals surface area (Å²) < 4.78 is 0. The highest BCUT2D eigenvalue weighted by Gasteiger charge is 2.55. The summed E-state index contributed by atoms with van der Waals surface area (Å²) in [6, 6.07) is 18.5. The number of aromatic nitrogens is 2. The van der Waals surface area contributed by atoms with E-state index in [1.54, 1.807) is 0 Å². The molecule has 5 rings (SSSR count). The summed E-state index contributed by atoms with van der Waals surface area (Å²) in [7, 11) is 0. The Morgan fingerprint density at radius 2 is 1.91 bits per heavy atom. The number of carbonyl (C=O) groups is 1. The number of ketones is 1. The second-order valence-corrected chi connectivity index (χ2v) is 9.59. The highest BCUT2D eigenvalue weighted by Crippen LogP contribution is 2.56. The minimum Gasteiger partial charge on any atom is -0.515 e. The Labute approximate surface area is 200 Å². The number of aliphatic hydroxyl groups is 2. The summed E-state index contributed by atoms with van der Waals surface area (Å²) in [5.74, 6) is 0.593. The Hall–Kier alpha value is -3.31. The predicted octanol–water partition coefficient (Wildman–Crippen LogP) is 4.89. The highest BCUT2D eigenvalue weighted by molar-refractivity contribution is 5.98. The molecule has 2 aromatic carbocycles. The van der Waals surface area contributed by atoms with Crippen LogP contribution in [0.2, 0.25) is 0 Å². The molecule has 2 aliphatic carbocycles. The van der Waals surface area contributed by atoms with Crippen LogP contribution in [0, 0.1) is 18.8 Å². The van der Waals surface area contributed by atoms with Gasteiger partial charge in [-0.3, -0.25) is 4.79 Å². The van der Waals surface area contributed by atoms with Crippen molar-refractivity contribution in [3.8, 4) is 11.3 Å². The first kappa shape index (κ1) is 22.5. The normalized spacial score (nSPS) is 25.1. The van der Waals surface area contributed by atoms with Gasteiger partial charge in [0, 0.05) is 34.6 Å². The van der Waals surface area contributed by atoms with Crippen LogP contribution in [0.1, 0.15) is 48.0 Å². The van der Waals surface area contributed by atoms with Gasteiger partial charge in [-0.15, -0.1) is 0 Å². The number of hydrogen-bond acceptors (Lipinski definition) is 5. The molecule has 0 amide bonds. The summed E-state index contributed by atoms with van der Waals surface area (Å²) in [4.78, 5) is 23.0. The van der Waals surface area contributed by atoms with E-state index in [-0.39, 0.29) is 24.2 Å². The van der Waals surface area contributed by atoms with Gasteiger partial charge in [-0.25, -0.2) is 9.97 Å². The molecule has 1 heterocycles. The minimum absolute atomic E-state index is 0.0326. The van der Waals surface area contributed by atoms with Gasteiger partial charge < -0.3 is 10.2 Å². The smallest absolute Gasteiger partial charge is 0.165 e.